The zero-order chi connectivity index (χ0) is 20.6. The van der Waals surface area contributed by atoms with Gasteiger partial charge in [0.25, 0.3) is 0 Å². The second kappa shape index (κ2) is 7.43. The molecule has 0 aliphatic rings. The highest BCUT2D eigenvalue weighted by atomic mass is 32.2. The SMILES string of the molecule is Cc1ccc(-c2cn3c(CC(=O)Nc4ccc(S(N)(=O)=O)cc4)csc3n2)cc1. The van der Waals surface area contributed by atoms with E-state index in [9.17, 15) is 13.2 Å². The highest BCUT2D eigenvalue weighted by Crippen LogP contribution is 2.24. The van der Waals surface area contributed by atoms with Crippen LogP contribution in [0.4, 0.5) is 5.69 Å². The summed E-state index contributed by atoms with van der Waals surface area (Å²) in [6.07, 6.45) is 2.10. The lowest BCUT2D eigenvalue weighted by atomic mass is 10.1. The number of hydrogen-bond donors (Lipinski definition) is 2. The van der Waals surface area contributed by atoms with E-state index in [2.05, 4.69) is 10.3 Å². The van der Waals surface area contributed by atoms with Crippen molar-refractivity contribution in [2.24, 2.45) is 5.14 Å². The number of aryl methyl sites for hydroxylation is 1. The van der Waals surface area contributed by atoms with Crippen LogP contribution in [-0.2, 0) is 21.2 Å². The summed E-state index contributed by atoms with van der Waals surface area (Å²) in [5, 5.41) is 9.75. The normalized spacial score (nSPS) is 11.7. The van der Waals surface area contributed by atoms with Gasteiger partial charge in [-0.2, -0.15) is 0 Å². The molecule has 0 spiro atoms. The molecule has 2 heterocycles. The van der Waals surface area contributed by atoms with Gasteiger partial charge in [-0.1, -0.05) is 29.8 Å². The number of rotatable bonds is 5. The fourth-order valence-electron chi connectivity index (χ4n) is 2.92. The number of primary sulfonamides is 1. The number of fused-ring (bicyclic) bond motifs is 1. The molecule has 0 aliphatic carbocycles. The summed E-state index contributed by atoms with van der Waals surface area (Å²) in [4.78, 5) is 17.9. The zero-order valence-electron chi connectivity index (χ0n) is 15.5. The average Bonchev–Trinajstić information content (AvgIpc) is 3.24. The minimum atomic E-state index is -3.76. The van der Waals surface area contributed by atoms with Crippen molar-refractivity contribution < 1.29 is 13.2 Å². The number of anilines is 1. The molecular formula is C20H18N4O3S2. The number of carbonyl (C=O) groups excluding carboxylic acids is 1. The van der Waals surface area contributed by atoms with Crippen molar-refractivity contribution in [3.63, 3.8) is 0 Å². The predicted molar refractivity (Wildman–Crippen MR) is 113 cm³/mol. The molecule has 0 saturated carbocycles. The molecule has 0 unspecified atom stereocenters. The molecule has 4 aromatic rings. The van der Waals surface area contributed by atoms with E-state index in [1.165, 1.54) is 41.2 Å². The molecule has 1 amide bonds. The molecule has 0 bridgehead atoms. The molecule has 7 nitrogen and oxygen atoms in total. The Labute approximate surface area is 171 Å². The van der Waals surface area contributed by atoms with Gasteiger partial charge in [0, 0.05) is 28.5 Å². The Morgan fingerprint density at radius 3 is 2.48 bits per heavy atom. The van der Waals surface area contributed by atoms with Crippen LogP contribution in [0, 0.1) is 6.92 Å². The molecule has 29 heavy (non-hydrogen) atoms. The number of carbonyl (C=O) groups is 1. The number of nitrogens with zero attached hydrogens (tertiary/aromatic N) is 2. The van der Waals surface area contributed by atoms with Gasteiger partial charge in [0.05, 0.1) is 17.0 Å². The van der Waals surface area contributed by atoms with E-state index in [1.807, 2.05) is 47.2 Å². The maximum absolute atomic E-state index is 12.4. The molecule has 2 aromatic carbocycles. The summed E-state index contributed by atoms with van der Waals surface area (Å²) in [5.41, 5.74) is 4.40. The zero-order valence-corrected chi connectivity index (χ0v) is 17.1. The number of thiazole rings is 1. The molecule has 4 rings (SSSR count). The lowest BCUT2D eigenvalue weighted by Crippen LogP contribution is -2.16. The van der Waals surface area contributed by atoms with Crippen molar-refractivity contribution in [3.8, 4) is 11.3 Å². The summed E-state index contributed by atoms with van der Waals surface area (Å²) < 4.78 is 24.5. The van der Waals surface area contributed by atoms with Gasteiger partial charge in [0.1, 0.15) is 0 Å². The smallest absolute Gasteiger partial charge is 0.238 e. The first-order valence-corrected chi connectivity index (χ1v) is 11.2. The minimum absolute atomic E-state index is 0.00269. The third-order valence-corrected chi connectivity index (χ3v) is 6.26. The van der Waals surface area contributed by atoms with Crippen LogP contribution in [0.15, 0.2) is 65.0 Å². The highest BCUT2D eigenvalue weighted by Gasteiger charge is 2.13. The lowest BCUT2D eigenvalue weighted by Gasteiger charge is -2.06. The second-order valence-electron chi connectivity index (χ2n) is 6.67. The summed E-state index contributed by atoms with van der Waals surface area (Å²) in [5.74, 6) is -0.210. The molecule has 2 aromatic heterocycles. The Kier molecular flexibility index (Phi) is 4.95. The standard InChI is InChI=1S/C20H18N4O3S2/c1-13-2-4-14(5-3-13)18-11-24-16(12-28-20(24)23-18)10-19(25)22-15-6-8-17(9-7-15)29(21,26)27/h2-9,11-12H,10H2,1H3,(H,22,25)(H2,21,26,27). The van der Waals surface area contributed by atoms with Crippen LogP contribution >= 0.6 is 11.3 Å². The van der Waals surface area contributed by atoms with Gasteiger partial charge < -0.3 is 5.32 Å². The van der Waals surface area contributed by atoms with Gasteiger partial charge in [0.2, 0.25) is 15.9 Å². The van der Waals surface area contributed by atoms with Crippen molar-refractivity contribution in [1.29, 1.82) is 0 Å². The van der Waals surface area contributed by atoms with E-state index in [0.29, 0.717) is 5.69 Å². The van der Waals surface area contributed by atoms with E-state index >= 15 is 0 Å². The molecule has 0 saturated heterocycles. The molecule has 0 aliphatic heterocycles. The van der Waals surface area contributed by atoms with Gasteiger partial charge in [0.15, 0.2) is 4.96 Å². The van der Waals surface area contributed by atoms with Crippen LogP contribution in [0.1, 0.15) is 11.3 Å². The average molecular weight is 427 g/mol. The van der Waals surface area contributed by atoms with Gasteiger partial charge in [-0.3, -0.25) is 9.20 Å². The van der Waals surface area contributed by atoms with Crippen LogP contribution < -0.4 is 10.5 Å². The largest absolute Gasteiger partial charge is 0.326 e. The first kappa shape index (κ1) is 19.3. The van der Waals surface area contributed by atoms with Crippen LogP contribution in [-0.4, -0.2) is 23.7 Å². The van der Waals surface area contributed by atoms with Crippen LogP contribution in [0.3, 0.4) is 0 Å². The maximum Gasteiger partial charge on any atom is 0.238 e. The Morgan fingerprint density at radius 1 is 1.14 bits per heavy atom. The number of nitrogens with one attached hydrogen (secondary N) is 1. The first-order chi connectivity index (χ1) is 13.8. The molecule has 0 fully saturated rings. The van der Waals surface area contributed by atoms with Gasteiger partial charge in [-0.15, -0.1) is 11.3 Å². The fraction of sp³-hybridized carbons (Fsp3) is 0.100. The predicted octanol–water partition coefficient (Wildman–Crippen LogP) is 3.20. The molecule has 3 N–H and O–H groups in total. The summed E-state index contributed by atoms with van der Waals surface area (Å²) in [6, 6.07) is 13.9. The number of amides is 1. The Hall–Kier alpha value is -3.01. The molecule has 148 valence electrons. The quantitative estimate of drug-likeness (QED) is 0.511. The number of imidazole rings is 1. The van der Waals surface area contributed by atoms with E-state index in [4.69, 9.17) is 5.14 Å². The fourth-order valence-corrected chi connectivity index (χ4v) is 4.31. The highest BCUT2D eigenvalue weighted by molar-refractivity contribution is 7.89. The van der Waals surface area contributed by atoms with E-state index in [0.717, 1.165) is 21.9 Å². The number of benzene rings is 2. The second-order valence-corrected chi connectivity index (χ2v) is 9.06. The maximum atomic E-state index is 12.4. The van der Waals surface area contributed by atoms with Crippen molar-refractivity contribution in [1.82, 2.24) is 9.38 Å². The van der Waals surface area contributed by atoms with Crippen molar-refractivity contribution >= 4 is 37.9 Å². The van der Waals surface area contributed by atoms with Gasteiger partial charge in [-0.25, -0.2) is 18.5 Å². The number of hydrogen-bond acceptors (Lipinski definition) is 5. The molecular weight excluding hydrogens is 408 g/mol. The summed E-state index contributed by atoms with van der Waals surface area (Å²) in [7, 11) is -3.76. The van der Waals surface area contributed by atoms with Crippen LogP contribution in [0.2, 0.25) is 0 Å². The van der Waals surface area contributed by atoms with Crippen molar-refractivity contribution in [3.05, 3.63) is 71.4 Å². The molecule has 0 atom stereocenters. The van der Waals surface area contributed by atoms with Gasteiger partial charge >= 0.3 is 0 Å². The Morgan fingerprint density at radius 2 is 1.83 bits per heavy atom. The Balaban J connectivity index is 1.50. The van der Waals surface area contributed by atoms with E-state index < -0.39 is 10.0 Å². The number of sulfonamides is 1. The monoisotopic (exact) mass is 426 g/mol. The minimum Gasteiger partial charge on any atom is -0.326 e. The topological polar surface area (TPSA) is 107 Å². The Bertz CT molecular complexity index is 1290. The first-order valence-electron chi connectivity index (χ1n) is 8.75. The summed E-state index contributed by atoms with van der Waals surface area (Å²) >= 11 is 1.48. The summed E-state index contributed by atoms with van der Waals surface area (Å²) in [6.45, 7) is 2.04. The number of nitrogens with two attached hydrogens (primary N) is 1. The molecule has 0 radical (unpaired) electrons. The van der Waals surface area contributed by atoms with Crippen molar-refractivity contribution in [2.75, 3.05) is 5.32 Å². The third kappa shape index (κ3) is 4.21. The van der Waals surface area contributed by atoms with Gasteiger partial charge in [-0.05, 0) is 31.2 Å². The molecule has 9 heteroatoms. The van der Waals surface area contributed by atoms with Crippen LogP contribution in [0.5, 0.6) is 0 Å². The number of aromatic nitrogens is 2. The van der Waals surface area contributed by atoms with Crippen LogP contribution in [0.25, 0.3) is 16.2 Å². The third-order valence-electron chi connectivity index (χ3n) is 4.44. The van der Waals surface area contributed by atoms with E-state index in [1.54, 1.807) is 0 Å². The lowest BCUT2D eigenvalue weighted by molar-refractivity contribution is -0.115. The van der Waals surface area contributed by atoms with E-state index in [-0.39, 0.29) is 17.2 Å². The van der Waals surface area contributed by atoms with Crippen molar-refractivity contribution in [2.45, 2.75) is 18.2 Å².